The molecule has 2 nitrogen and oxygen atoms in total. The lowest BCUT2D eigenvalue weighted by atomic mass is 10.0. The number of hydrogen-bond acceptors (Lipinski definition) is 2. The van der Waals surface area contributed by atoms with Crippen LogP contribution in [-0.4, -0.2) is 9.97 Å². The lowest BCUT2D eigenvalue weighted by Gasteiger charge is -2.09. The highest BCUT2D eigenvalue weighted by Gasteiger charge is 2.10. The number of nitrogens with zero attached hydrogens (tertiary/aromatic N) is 2. The monoisotopic (exact) mass is 246 g/mol. The third-order valence-electron chi connectivity index (χ3n) is 2.72. The van der Waals surface area contributed by atoms with E-state index < -0.39 is 0 Å². The summed E-state index contributed by atoms with van der Waals surface area (Å²) in [6.07, 6.45) is 3.46. The summed E-state index contributed by atoms with van der Waals surface area (Å²) in [4.78, 5) is 8.42. The Balaban J connectivity index is 2.50. The predicted octanol–water partition coefficient (Wildman–Crippen LogP) is 4.06. The molecule has 0 saturated carbocycles. The van der Waals surface area contributed by atoms with Gasteiger partial charge in [0.2, 0.25) is 0 Å². The molecule has 1 aromatic heterocycles. The third kappa shape index (κ3) is 2.64. The molecule has 0 N–H and O–H groups in total. The molecule has 0 aliphatic rings. The summed E-state index contributed by atoms with van der Waals surface area (Å²) < 4.78 is 0. The summed E-state index contributed by atoms with van der Waals surface area (Å²) in [5, 5.41) is 0.567. The molecule has 0 fully saturated rings. The van der Waals surface area contributed by atoms with Crippen molar-refractivity contribution in [1.29, 1.82) is 0 Å². The Morgan fingerprint density at radius 3 is 2.47 bits per heavy atom. The standard InChI is InChI=1S/C14H15ClN2/c1-3-4-12-13(16-9-17-14(12)15)11-7-5-10(2)6-8-11/h5-9H,3-4H2,1-2H3. The minimum Gasteiger partial charge on any atom is -0.236 e. The quantitative estimate of drug-likeness (QED) is 0.764. The molecule has 0 saturated heterocycles. The normalized spacial score (nSPS) is 10.5. The molecule has 0 radical (unpaired) electrons. The van der Waals surface area contributed by atoms with Crippen LogP contribution >= 0.6 is 11.6 Å². The van der Waals surface area contributed by atoms with Gasteiger partial charge in [0.15, 0.2) is 0 Å². The SMILES string of the molecule is CCCc1c(Cl)ncnc1-c1ccc(C)cc1. The molecule has 0 aliphatic heterocycles. The summed E-state index contributed by atoms with van der Waals surface area (Å²) >= 11 is 6.14. The number of aryl methyl sites for hydroxylation is 1. The number of aromatic nitrogens is 2. The Bertz CT molecular complexity index is 506. The number of rotatable bonds is 3. The van der Waals surface area contributed by atoms with Crippen molar-refractivity contribution >= 4 is 11.6 Å². The van der Waals surface area contributed by atoms with E-state index in [1.54, 1.807) is 0 Å². The van der Waals surface area contributed by atoms with Crippen LogP contribution in [0.3, 0.4) is 0 Å². The first kappa shape index (κ1) is 12.1. The van der Waals surface area contributed by atoms with Gasteiger partial charge in [-0.15, -0.1) is 0 Å². The van der Waals surface area contributed by atoms with Crippen LogP contribution < -0.4 is 0 Å². The summed E-state index contributed by atoms with van der Waals surface area (Å²) in [6, 6.07) is 8.32. The fourth-order valence-electron chi connectivity index (χ4n) is 1.82. The van der Waals surface area contributed by atoms with Crippen LogP contribution in [0.1, 0.15) is 24.5 Å². The van der Waals surface area contributed by atoms with Gasteiger partial charge in [0, 0.05) is 11.1 Å². The van der Waals surface area contributed by atoms with E-state index in [0.29, 0.717) is 5.15 Å². The molecule has 0 aliphatic carbocycles. The van der Waals surface area contributed by atoms with Crippen LogP contribution in [0.25, 0.3) is 11.3 Å². The van der Waals surface area contributed by atoms with E-state index in [4.69, 9.17) is 11.6 Å². The first-order valence-electron chi connectivity index (χ1n) is 5.78. The molecular weight excluding hydrogens is 232 g/mol. The second-order valence-electron chi connectivity index (χ2n) is 4.11. The highest BCUT2D eigenvalue weighted by Crippen LogP contribution is 2.26. The van der Waals surface area contributed by atoms with E-state index in [1.807, 2.05) is 0 Å². The molecule has 1 heterocycles. The van der Waals surface area contributed by atoms with E-state index in [2.05, 4.69) is 48.1 Å². The van der Waals surface area contributed by atoms with Gasteiger partial charge in [-0.1, -0.05) is 54.8 Å². The molecule has 0 atom stereocenters. The second kappa shape index (κ2) is 5.28. The van der Waals surface area contributed by atoms with Crippen molar-refractivity contribution in [2.24, 2.45) is 0 Å². The van der Waals surface area contributed by atoms with Crippen LogP contribution in [0.4, 0.5) is 0 Å². The molecular formula is C14H15ClN2. The largest absolute Gasteiger partial charge is 0.236 e. The van der Waals surface area contributed by atoms with E-state index in [9.17, 15) is 0 Å². The lowest BCUT2D eigenvalue weighted by Crippen LogP contribution is -1.96. The van der Waals surface area contributed by atoms with E-state index in [-0.39, 0.29) is 0 Å². The average Bonchev–Trinajstić information content (AvgIpc) is 2.33. The van der Waals surface area contributed by atoms with Crippen LogP contribution in [0.15, 0.2) is 30.6 Å². The molecule has 0 amide bonds. The maximum Gasteiger partial charge on any atom is 0.136 e. The van der Waals surface area contributed by atoms with Crippen LogP contribution in [0.5, 0.6) is 0 Å². The lowest BCUT2D eigenvalue weighted by molar-refractivity contribution is 0.904. The van der Waals surface area contributed by atoms with Gasteiger partial charge < -0.3 is 0 Å². The fourth-order valence-corrected chi connectivity index (χ4v) is 2.05. The number of hydrogen-bond donors (Lipinski definition) is 0. The Labute approximate surface area is 107 Å². The van der Waals surface area contributed by atoms with E-state index in [0.717, 1.165) is 29.7 Å². The number of benzene rings is 1. The van der Waals surface area contributed by atoms with Gasteiger partial charge in [0.25, 0.3) is 0 Å². The van der Waals surface area contributed by atoms with Gasteiger partial charge in [0.05, 0.1) is 5.69 Å². The molecule has 1 aromatic carbocycles. The van der Waals surface area contributed by atoms with Crippen LogP contribution in [-0.2, 0) is 6.42 Å². The van der Waals surface area contributed by atoms with Gasteiger partial charge in [-0.25, -0.2) is 9.97 Å². The van der Waals surface area contributed by atoms with Gasteiger partial charge in [0.1, 0.15) is 11.5 Å². The maximum absolute atomic E-state index is 6.14. The van der Waals surface area contributed by atoms with Crippen molar-refractivity contribution in [2.75, 3.05) is 0 Å². The molecule has 2 rings (SSSR count). The smallest absolute Gasteiger partial charge is 0.136 e. The molecule has 0 bridgehead atoms. The minimum atomic E-state index is 0.567. The summed E-state index contributed by atoms with van der Waals surface area (Å²) in [6.45, 7) is 4.20. The van der Waals surface area contributed by atoms with Gasteiger partial charge in [-0.05, 0) is 13.3 Å². The molecule has 2 aromatic rings. The van der Waals surface area contributed by atoms with E-state index >= 15 is 0 Å². The molecule has 0 unspecified atom stereocenters. The summed E-state index contributed by atoms with van der Waals surface area (Å²) in [7, 11) is 0. The molecule has 0 spiro atoms. The zero-order valence-corrected chi connectivity index (χ0v) is 10.8. The zero-order chi connectivity index (χ0) is 12.3. The molecule has 3 heteroatoms. The predicted molar refractivity (Wildman–Crippen MR) is 71.2 cm³/mol. The maximum atomic E-state index is 6.14. The van der Waals surface area contributed by atoms with Gasteiger partial charge in [-0.3, -0.25) is 0 Å². The highest BCUT2D eigenvalue weighted by atomic mass is 35.5. The first-order valence-corrected chi connectivity index (χ1v) is 6.16. The second-order valence-corrected chi connectivity index (χ2v) is 4.47. The Morgan fingerprint density at radius 2 is 1.82 bits per heavy atom. The molecule has 17 heavy (non-hydrogen) atoms. The summed E-state index contributed by atoms with van der Waals surface area (Å²) in [5.74, 6) is 0. The Hall–Kier alpha value is -1.41. The van der Waals surface area contributed by atoms with E-state index in [1.165, 1.54) is 11.9 Å². The zero-order valence-electron chi connectivity index (χ0n) is 10.1. The van der Waals surface area contributed by atoms with Crippen molar-refractivity contribution in [1.82, 2.24) is 9.97 Å². The third-order valence-corrected chi connectivity index (χ3v) is 3.04. The average molecular weight is 247 g/mol. The molecule has 88 valence electrons. The first-order chi connectivity index (χ1) is 8.22. The number of halogens is 1. The Morgan fingerprint density at radius 1 is 1.12 bits per heavy atom. The van der Waals surface area contributed by atoms with Crippen molar-refractivity contribution in [3.05, 3.63) is 46.9 Å². The summed E-state index contributed by atoms with van der Waals surface area (Å²) in [5.41, 5.74) is 4.33. The highest BCUT2D eigenvalue weighted by molar-refractivity contribution is 6.30. The fraction of sp³-hybridized carbons (Fsp3) is 0.286. The van der Waals surface area contributed by atoms with Crippen molar-refractivity contribution < 1.29 is 0 Å². The van der Waals surface area contributed by atoms with Gasteiger partial charge in [-0.2, -0.15) is 0 Å². The van der Waals surface area contributed by atoms with Crippen molar-refractivity contribution in [3.63, 3.8) is 0 Å². The van der Waals surface area contributed by atoms with Gasteiger partial charge >= 0.3 is 0 Å². The van der Waals surface area contributed by atoms with Crippen LogP contribution in [0, 0.1) is 6.92 Å². The van der Waals surface area contributed by atoms with Crippen LogP contribution in [0.2, 0.25) is 5.15 Å². The minimum absolute atomic E-state index is 0.567. The topological polar surface area (TPSA) is 25.8 Å². The van der Waals surface area contributed by atoms with Crippen molar-refractivity contribution in [3.8, 4) is 11.3 Å². The van der Waals surface area contributed by atoms with Crippen molar-refractivity contribution in [2.45, 2.75) is 26.7 Å². The Kier molecular flexibility index (Phi) is 3.75.